The third-order valence-corrected chi connectivity index (χ3v) is 6.62. The number of anilines is 1. The maximum atomic E-state index is 13.8. The molecule has 4 N–H and O–H groups in total. The van der Waals surface area contributed by atoms with Crippen molar-refractivity contribution in [3.63, 3.8) is 0 Å². The molecule has 4 atom stereocenters. The highest BCUT2D eigenvalue weighted by molar-refractivity contribution is 6.03. The first kappa shape index (κ1) is 27.9. The van der Waals surface area contributed by atoms with Gasteiger partial charge in [-0.1, -0.05) is 13.8 Å². The van der Waals surface area contributed by atoms with Crippen LogP contribution in [-0.4, -0.2) is 87.0 Å². The van der Waals surface area contributed by atoms with Crippen LogP contribution in [0.2, 0.25) is 0 Å². The molecular formula is C22H30F3N7O5. The zero-order valence-electron chi connectivity index (χ0n) is 21.0. The van der Waals surface area contributed by atoms with E-state index in [1.165, 1.54) is 11.7 Å². The van der Waals surface area contributed by atoms with Crippen LogP contribution in [0.15, 0.2) is 6.07 Å². The van der Waals surface area contributed by atoms with E-state index in [1.54, 1.807) is 32.2 Å². The van der Waals surface area contributed by atoms with Gasteiger partial charge in [-0.05, 0) is 26.2 Å². The second kappa shape index (κ2) is 9.67. The van der Waals surface area contributed by atoms with Crippen LogP contribution < -0.4 is 16.4 Å². The highest BCUT2D eigenvalue weighted by atomic mass is 19.4. The number of aryl methyl sites for hydroxylation is 1. The summed E-state index contributed by atoms with van der Waals surface area (Å²) in [6.07, 6.45) is -5.24. The molecule has 3 rings (SSSR count). The van der Waals surface area contributed by atoms with Gasteiger partial charge in [-0.2, -0.15) is 18.3 Å². The third-order valence-electron chi connectivity index (χ3n) is 6.62. The van der Waals surface area contributed by atoms with Crippen molar-refractivity contribution in [3.05, 3.63) is 11.8 Å². The Bertz CT molecular complexity index is 1130. The highest BCUT2D eigenvalue weighted by Gasteiger charge is 2.59. The minimum absolute atomic E-state index is 0.0916. The van der Waals surface area contributed by atoms with Gasteiger partial charge in [-0.25, -0.2) is 4.68 Å². The van der Waals surface area contributed by atoms with Crippen molar-refractivity contribution >= 4 is 35.4 Å². The summed E-state index contributed by atoms with van der Waals surface area (Å²) in [5.41, 5.74) is 4.81. The molecule has 2 aliphatic heterocycles. The molecular weight excluding hydrogens is 499 g/mol. The summed E-state index contributed by atoms with van der Waals surface area (Å²) in [5.74, 6) is -5.01. The van der Waals surface area contributed by atoms with Gasteiger partial charge >= 0.3 is 12.1 Å². The number of likely N-dealkylation sites (N-methyl/N-ethyl adjacent to an activating group) is 1. The van der Waals surface area contributed by atoms with Crippen LogP contribution in [0.25, 0.3) is 0 Å². The number of amides is 5. The number of nitrogens with zero attached hydrogens (tertiary/aromatic N) is 4. The number of nitrogens with two attached hydrogens (primary N) is 1. The quantitative estimate of drug-likeness (QED) is 0.446. The van der Waals surface area contributed by atoms with Crippen LogP contribution in [0.3, 0.4) is 0 Å². The Labute approximate surface area is 210 Å². The number of carbonyl (C=O) groups excluding carboxylic acids is 5. The molecule has 1 aromatic rings. The number of halogens is 3. The molecule has 12 nitrogen and oxygen atoms in total. The van der Waals surface area contributed by atoms with Gasteiger partial charge < -0.3 is 26.2 Å². The average molecular weight is 530 g/mol. The lowest BCUT2D eigenvalue weighted by molar-refractivity contribution is -0.175. The first-order valence-electron chi connectivity index (χ1n) is 11.6. The maximum Gasteiger partial charge on any atom is 0.471 e. The molecule has 15 heteroatoms. The molecule has 0 bridgehead atoms. The molecule has 0 aliphatic carbocycles. The minimum atomic E-state index is -5.19. The Morgan fingerprint density at radius 3 is 2.46 bits per heavy atom. The van der Waals surface area contributed by atoms with Crippen LogP contribution >= 0.6 is 0 Å². The molecule has 2 unspecified atom stereocenters. The number of rotatable bonds is 7. The van der Waals surface area contributed by atoms with Crippen molar-refractivity contribution in [1.29, 1.82) is 0 Å². The van der Waals surface area contributed by atoms with E-state index in [4.69, 9.17) is 5.73 Å². The summed E-state index contributed by atoms with van der Waals surface area (Å²) in [6.45, 7) is 6.07. The number of alkyl halides is 3. The molecule has 1 saturated heterocycles. The molecule has 2 aliphatic rings. The second-order valence-electron chi connectivity index (χ2n) is 9.94. The zero-order chi connectivity index (χ0) is 28.0. The summed E-state index contributed by atoms with van der Waals surface area (Å²) in [6, 6.07) is -2.36. The first-order chi connectivity index (χ1) is 17.0. The number of aromatic nitrogens is 2. The fourth-order valence-electron chi connectivity index (χ4n) is 4.80. The Morgan fingerprint density at radius 1 is 1.30 bits per heavy atom. The van der Waals surface area contributed by atoms with Crippen molar-refractivity contribution in [2.75, 3.05) is 18.9 Å². The van der Waals surface area contributed by atoms with Crippen molar-refractivity contribution in [2.24, 2.45) is 11.7 Å². The molecule has 1 spiro atoms. The number of carbonyl (C=O) groups is 5. The fourth-order valence-corrected chi connectivity index (χ4v) is 4.80. The predicted molar refractivity (Wildman–Crippen MR) is 123 cm³/mol. The van der Waals surface area contributed by atoms with Gasteiger partial charge in [0.25, 0.3) is 5.91 Å². The van der Waals surface area contributed by atoms with E-state index in [0.29, 0.717) is 11.5 Å². The number of likely N-dealkylation sites (tertiary alicyclic amines) is 1. The Hall–Kier alpha value is -3.65. The number of nitrogens with one attached hydrogen (secondary N) is 2. The lowest BCUT2D eigenvalue weighted by atomic mass is 9.96. The van der Waals surface area contributed by atoms with Crippen molar-refractivity contribution < 1.29 is 37.1 Å². The number of hydrogen-bond acceptors (Lipinski definition) is 6. The first-order valence-corrected chi connectivity index (χ1v) is 11.6. The van der Waals surface area contributed by atoms with Crippen molar-refractivity contribution in [2.45, 2.75) is 70.4 Å². The maximum absolute atomic E-state index is 13.8. The molecule has 1 fully saturated rings. The summed E-state index contributed by atoms with van der Waals surface area (Å²) in [7, 11) is 1.23. The molecule has 3 heterocycles. The lowest BCUT2D eigenvalue weighted by Gasteiger charge is -2.35. The average Bonchev–Trinajstić information content (AvgIpc) is 3.43. The Balaban J connectivity index is 1.91. The topological polar surface area (TPSA) is 160 Å². The number of primary amides is 1. The molecule has 204 valence electrons. The van der Waals surface area contributed by atoms with E-state index in [1.807, 2.05) is 0 Å². The fraction of sp³-hybridized carbons (Fsp3) is 0.636. The van der Waals surface area contributed by atoms with Crippen LogP contribution in [-0.2, 0) is 29.5 Å². The van der Waals surface area contributed by atoms with E-state index >= 15 is 0 Å². The van der Waals surface area contributed by atoms with E-state index in [0.717, 1.165) is 16.7 Å². The van der Waals surface area contributed by atoms with Crippen LogP contribution in [0.1, 0.15) is 39.3 Å². The van der Waals surface area contributed by atoms with Gasteiger partial charge in [0, 0.05) is 19.5 Å². The molecule has 5 amide bonds. The van der Waals surface area contributed by atoms with Crippen LogP contribution in [0.5, 0.6) is 0 Å². The summed E-state index contributed by atoms with van der Waals surface area (Å²) < 4.78 is 39.4. The Morgan fingerprint density at radius 2 is 1.92 bits per heavy atom. The second-order valence-corrected chi connectivity index (χ2v) is 9.94. The van der Waals surface area contributed by atoms with E-state index in [-0.39, 0.29) is 25.3 Å². The molecule has 1 aromatic heterocycles. The van der Waals surface area contributed by atoms with Crippen LogP contribution in [0.4, 0.5) is 19.0 Å². The highest BCUT2D eigenvalue weighted by Crippen LogP contribution is 2.41. The van der Waals surface area contributed by atoms with Gasteiger partial charge in [-0.3, -0.25) is 24.0 Å². The van der Waals surface area contributed by atoms with Gasteiger partial charge in [0.2, 0.25) is 17.7 Å². The molecule has 0 aromatic carbocycles. The predicted octanol–water partition coefficient (Wildman–Crippen LogP) is -0.135. The number of fused-ring (bicyclic) bond motifs is 2. The molecule has 0 saturated carbocycles. The van der Waals surface area contributed by atoms with Crippen molar-refractivity contribution in [1.82, 2.24) is 24.9 Å². The number of hydrogen-bond donors (Lipinski definition) is 3. The van der Waals surface area contributed by atoms with Gasteiger partial charge in [0.05, 0.1) is 12.2 Å². The van der Waals surface area contributed by atoms with Crippen molar-refractivity contribution in [3.8, 4) is 0 Å². The zero-order valence-corrected chi connectivity index (χ0v) is 21.0. The smallest absolute Gasteiger partial charge is 0.368 e. The standard InChI is InChI=1S/C22H30F3N7O5/c1-10(2)6-13(30(5)17(34)12(4)27-20(37)22(23,24)25)18(35)31-9-21(8-14(31)16(26)33)19(36)28-15-7-11(3)29-32(15)21/h7,10,12-14H,6,8-9H2,1-5H3,(H2,26,33)(H,27,37)(H,28,36)/t12?,13?,14-,21+/m0/s1. The lowest BCUT2D eigenvalue weighted by Crippen LogP contribution is -2.57. The molecule has 0 radical (unpaired) electrons. The summed E-state index contributed by atoms with van der Waals surface area (Å²) >= 11 is 0. The van der Waals surface area contributed by atoms with Gasteiger partial charge in [-0.15, -0.1) is 0 Å². The van der Waals surface area contributed by atoms with E-state index in [9.17, 15) is 37.1 Å². The van der Waals surface area contributed by atoms with Gasteiger partial charge in [0.1, 0.15) is 23.9 Å². The minimum Gasteiger partial charge on any atom is -0.368 e. The molecule has 37 heavy (non-hydrogen) atoms. The summed E-state index contributed by atoms with van der Waals surface area (Å²) in [4.78, 5) is 65.5. The SMILES string of the molecule is Cc1cc2n(n1)[C@@]1(C[C@@H](C(N)=O)N(C(=O)C(CC(C)C)N(C)C(=O)C(C)NC(=O)C(F)(F)F)C1)C(=O)N2. The Kier molecular flexibility index (Phi) is 7.30. The van der Waals surface area contributed by atoms with Crippen LogP contribution in [0, 0.1) is 12.8 Å². The van der Waals surface area contributed by atoms with E-state index < -0.39 is 59.4 Å². The van der Waals surface area contributed by atoms with Gasteiger partial charge in [0.15, 0.2) is 5.54 Å². The third kappa shape index (κ3) is 5.11. The van der Waals surface area contributed by atoms with E-state index in [2.05, 4.69) is 10.4 Å². The summed E-state index contributed by atoms with van der Waals surface area (Å²) in [5, 5.41) is 8.61. The largest absolute Gasteiger partial charge is 0.471 e. The normalized spacial score (nSPS) is 22.6. The monoisotopic (exact) mass is 529 g/mol.